The molecule has 1 amide bonds. The molecule has 31 heavy (non-hydrogen) atoms. The van der Waals surface area contributed by atoms with Gasteiger partial charge in [0.15, 0.2) is 5.76 Å². The Kier molecular flexibility index (Phi) is 6.12. The number of carbonyl (C=O) groups excluding carboxylic acids is 1. The first-order chi connectivity index (χ1) is 14.8. The molecule has 0 atom stereocenters. The van der Waals surface area contributed by atoms with Gasteiger partial charge in [0.2, 0.25) is 11.0 Å². The number of hydrogen-bond acceptors (Lipinski definition) is 5. The molecule has 0 spiro atoms. The molecule has 0 radical (unpaired) electrons. The van der Waals surface area contributed by atoms with Crippen LogP contribution < -0.4 is 5.32 Å². The van der Waals surface area contributed by atoms with E-state index in [2.05, 4.69) is 15.5 Å². The molecule has 2 N–H and O–H groups in total. The molecule has 4 rings (SSSR count). The molecule has 1 saturated heterocycles. The average molecular weight is 467 g/mol. The molecular weight excluding hydrogens is 447 g/mol. The molecule has 2 aromatic heterocycles. The third kappa shape index (κ3) is 4.65. The summed E-state index contributed by atoms with van der Waals surface area (Å²) in [5.74, 6) is -0.610. The Balaban J connectivity index is 1.33. The molecule has 1 aliphatic rings. The maximum Gasteiger partial charge on any atom is 0.276 e. The van der Waals surface area contributed by atoms with Gasteiger partial charge in [-0.25, -0.2) is 12.8 Å². The fourth-order valence-corrected chi connectivity index (χ4v) is 5.05. The van der Waals surface area contributed by atoms with Crippen LogP contribution in [0.25, 0.3) is 11.5 Å². The van der Waals surface area contributed by atoms with Gasteiger partial charge < -0.3 is 9.73 Å². The van der Waals surface area contributed by atoms with Gasteiger partial charge in [-0.15, -0.1) is 0 Å². The largest absolute Gasteiger partial charge is 0.442 e. The van der Waals surface area contributed by atoms with Gasteiger partial charge in [-0.1, -0.05) is 17.7 Å². The van der Waals surface area contributed by atoms with E-state index in [0.29, 0.717) is 29.9 Å². The lowest BCUT2D eigenvalue weighted by Gasteiger charge is -2.29. The van der Waals surface area contributed by atoms with E-state index in [1.54, 1.807) is 24.4 Å². The fraction of sp³-hybridized carbons (Fsp3) is 0.300. The summed E-state index contributed by atoms with van der Waals surface area (Å²) in [6.07, 6.45) is 2.33. The third-order valence-electron chi connectivity index (χ3n) is 5.22. The number of carbonyl (C=O) groups is 1. The number of nitrogens with one attached hydrogen (secondary N) is 2. The van der Waals surface area contributed by atoms with E-state index in [1.807, 2.05) is 0 Å². The highest BCUT2D eigenvalue weighted by Gasteiger charge is 2.34. The monoisotopic (exact) mass is 466 g/mol. The standard InChI is InChI=1S/C20H20ClFN4O4S/c21-15-11-13(1-2-16(15)22)12-23-20(27)14-6-9-26(10-7-14)31(28,29)19-4-3-18(30-19)17-5-8-24-25-17/h1-5,8,11,14H,6-7,9-10,12H2,(H,23,27)(H,24,25). The van der Waals surface area contributed by atoms with Crippen LogP contribution in [0.3, 0.4) is 0 Å². The second-order valence-corrected chi connectivity index (χ2v) is 9.51. The average Bonchev–Trinajstić information content (AvgIpc) is 3.46. The van der Waals surface area contributed by atoms with Crippen molar-refractivity contribution in [1.29, 1.82) is 0 Å². The molecule has 0 aliphatic carbocycles. The Hall–Kier alpha value is -2.69. The van der Waals surface area contributed by atoms with Crippen molar-refractivity contribution in [1.82, 2.24) is 19.8 Å². The van der Waals surface area contributed by atoms with Crippen LogP contribution in [0.1, 0.15) is 18.4 Å². The van der Waals surface area contributed by atoms with E-state index in [0.717, 1.165) is 0 Å². The molecule has 1 aromatic carbocycles. The SMILES string of the molecule is O=C(NCc1ccc(F)c(Cl)c1)C1CCN(S(=O)(=O)c2ccc(-c3ccn[nH]3)o2)CC1. The second-order valence-electron chi connectivity index (χ2n) is 7.23. The Morgan fingerprint density at radius 1 is 1.26 bits per heavy atom. The van der Waals surface area contributed by atoms with Crippen LogP contribution in [0, 0.1) is 11.7 Å². The molecule has 164 valence electrons. The summed E-state index contributed by atoms with van der Waals surface area (Å²) >= 11 is 5.75. The molecule has 0 bridgehead atoms. The molecule has 8 nitrogen and oxygen atoms in total. The molecule has 1 aliphatic heterocycles. The first-order valence-corrected chi connectivity index (χ1v) is 11.5. The smallest absolute Gasteiger partial charge is 0.276 e. The Labute approximate surface area is 183 Å². The summed E-state index contributed by atoms with van der Waals surface area (Å²) in [7, 11) is -3.80. The van der Waals surface area contributed by atoms with Crippen LogP contribution in [0.5, 0.6) is 0 Å². The number of hydrogen-bond donors (Lipinski definition) is 2. The summed E-state index contributed by atoms with van der Waals surface area (Å²) in [6.45, 7) is 0.645. The van der Waals surface area contributed by atoms with Gasteiger partial charge in [0.25, 0.3) is 10.0 Å². The first-order valence-electron chi connectivity index (χ1n) is 9.66. The minimum atomic E-state index is -3.80. The number of aromatic nitrogens is 2. The van der Waals surface area contributed by atoms with Crippen LogP contribution in [0.4, 0.5) is 4.39 Å². The lowest BCUT2D eigenvalue weighted by molar-refractivity contribution is -0.126. The van der Waals surface area contributed by atoms with Gasteiger partial charge in [-0.2, -0.15) is 9.40 Å². The zero-order valence-electron chi connectivity index (χ0n) is 16.3. The summed E-state index contributed by atoms with van der Waals surface area (Å²) in [5, 5.41) is 9.20. The third-order valence-corrected chi connectivity index (χ3v) is 7.28. The first kappa shape index (κ1) is 21.5. The molecule has 0 unspecified atom stereocenters. The number of aromatic amines is 1. The molecular formula is C20H20ClFN4O4S. The van der Waals surface area contributed by atoms with Crippen LogP contribution in [-0.2, 0) is 21.4 Å². The zero-order chi connectivity index (χ0) is 22.0. The zero-order valence-corrected chi connectivity index (χ0v) is 17.9. The summed E-state index contributed by atoms with van der Waals surface area (Å²) < 4.78 is 45.8. The highest BCUT2D eigenvalue weighted by molar-refractivity contribution is 7.89. The quantitative estimate of drug-likeness (QED) is 0.580. The minimum Gasteiger partial charge on any atom is -0.442 e. The van der Waals surface area contributed by atoms with Gasteiger partial charge in [0.1, 0.15) is 11.5 Å². The maximum absolute atomic E-state index is 13.2. The lowest BCUT2D eigenvalue weighted by atomic mass is 9.97. The predicted molar refractivity (Wildman–Crippen MR) is 111 cm³/mol. The number of halogens is 2. The number of benzene rings is 1. The van der Waals surface area contributed by atoms with Crippen molar-refractivity contribution < 1.29 is 22.0 Å². The molecule has 3 heterocycles. The van der Waals surface area contributed by atoms with Crippen LogP contribution in [0.2, 0.25) is 5.02 Å². The Bertz CT molecular complexity index is 1170. The molecule has 1 fully saturated rings. The van der Waals surface area contributed by atoms with E-state index >= 15 is 0 Å². The van der Waals surface area contributed by atoms with Crippen molar-refractivity contribution in [2.75, 3.05) is 13.1 Å². The normalized spacial score (nSPS) is 15.8. The van der Waals surface area contributed by atoms with Gasteiger partial charge >= 0.3 is 0 Å². The van der Waals surface area contributed by atoms with E-state index < -0.39 is 15.8 Å². The van der Waals surface area contributed by atoms with Crippen molar-refractivity contribution in [2.45, 2.75) is 24.5 Å². The Morgan fingerprint density at radius 3 is 2.71 bits per heavy atom. The van der Waals surface area contributed by atoms with E-state index in [1.165, 1.54) is 22.5 Å². The minimum absolute atomic E-state index is 0.00104. The van der Waals surface area contributed by atoms with Crippen molar-refractivity contribution in [3.05, 3.63) is 59.0 Å². The summed E-state index contributed by atoms with van der Waals surface area (Å²) in [6, 6.07) is 8.93. The number of furan rings is 1. The summed E-state index contributed by atoms with van der Waals surface area (Å²) in [5.41, 5.74) is 1.27. The molecule has 11 heteroatoms. The van der Waals surface area contributed by atoms with Gasteiger partial charge in [-0.3, -0.25) is 9.89 Å². The van der Waals surface area contributed by atoms with E-state index in [4.69, 9.17) is 16.0 Å². The number of nitrogens with zero attached hydrogens (tertiary/aromatic N) is 2. The number of H-pyrrole nitrogens is 1. The van der Waals surface area contributed by atoms with Crippen molar-refractivity contribution in [3.8, 4) is 11.5 Å². The van der Waals surface area contributed by atoms with Crippen molar-refractivity contribution in [2.24, 2.45) is 5.92 Å². The number of amides is 1. The number of rotatable bonds is 6. The highest BCUT2D eigenvalue weighted by Crippen LogP contribution is 2.28. The van der Waals surface area contributed by atoms with Crippen LogP contribution >= 0.6 is 11.6 Å². The lowest BCUT2D eigenvalue weighted by Crippen LogP contribution is -2.42. The number of piperidine rings is 1. The fourth-order valence-electron chi connectivity index (χ4n) is 3.47. The van der Waals surface area contributed by atoms with Gasteiger partial charge in [0.05, 0.1) is 5.02 Å². The predicted octanol–water partition coefficient (Wildman–Crippen LogP) is 3.18. The number of sulfonamides is 1. The Morgan fingerprint density at radius 2 is 2.03 bits per heavy atom. The topological polar surface area (TPSA) is 108 Å². The van der Waals surface area contributed by atoms with Gasteiger partial charge in [0, 0.05) is 31.7 Å². The maximum atomic E-state index is 13.2. The van der Waals surface area contributed by atoms with Crippen LogP contribution in [-0.4, -0.2) is 41.9 Å². The summed E-state index contributed by atoms with van der Waals surface area (Å²) in [4.78, 5) is 12.5. The van der Waals surface area contributed by atoms with Crippen LogP contribution in [0.15, 0.2) is 52.1 Å². The second kappa shape index (κ2) is 8.81. The van der Waals surface area contributed by atoms with Crippen molar-refractivity contribution >= 4 is 27.5 Å². The van der Waals surface area contributed by atoms with E-state index in [9.17, 15) is 17.6 Å². The van der Waals surface area contributed by atoms with E-state index in [-0.39, 0.29) is 41.6 Å². The molecule has 3 aromatic rings. The van der Waals surface area contributed by atoms with Gasteiger partial charge in [-0.05, 0) is 48.7 Å². The molecule has 0 saturated carbocycles. The highest BCUT2D eigenvalue weighted by atomic mass is 35.5. The van der Waals surface area contributed by atoms with Crippen molar-refractivity contribution in [3.63, 3.8) is 0 Å².